The smallest absolute Gasteiger partial charge is 0.148 e. The molecule has 3 rings (SSSR count). The lowest BCUT2D eigenvalue weighted by Crippen LogP contribution is -2.20. The Bertz CT molecular complexity index is 380. The van der Waals surface area contributed by atoms with Gasteiger partial charge in [0.05, 0.1) is 6.04 Å². The third kappa shape index (κ3) is 1.73. The molecule has 0 bridgehead atoms. The van der Waals surface area contributed by atoms with Crippen LogP contribution in [0.5, 0.6) is 0 Å². The van der Waals surface area contributed by atoms with Crippen molar-refractivity contribution in [3.63, 3.8) is 0 Å². The molecule has 0 amide bonds. The number of fused-ring (bicyclic) bond motifs is 1. The predicted molar refractivity (Wildman–Crippen MR) is 68.9 cm³/mol. The highest BCUT2D eigenvalue weighted by Gasteiger charge is 2.24. The minimum Gasteiger partial charge on any atom is -0.382 e. The number of hydrogen-bond acceptors (Lipinski definition) is 3. The zero-order valence-corrected chi connectivity index (χ0v) is 10.4. The summed E-state index contributed by atoms with van der Waals surface area (Å²) >= 11 is 2.06. The highest BCUT2D eigenvalue weighted by molar-refractivity contribution is 7.99. The maximum Gasteiger partial charge on any atom is 0.148 e. The van der Waals surface area contributed by atoms with E-state index < -0.39 is 0 Å². The molecule has 3 nitrogen and oxygen atoms in total. The van der Waals surface area contributed by atoms with Crippen molar-refractivity contribution in [3.05, 3.63) is 11.3 Å². The predicted octanol–water partition coefficient (Wildman–Crippen LogP) is 2.41. The van der Waals surface area contributed by atoms with Crippen LogP contribution in [0.15, 0.2) is 0 Å². The molecule has 1 atom stereocenters. The van der Waals surface area contributed by atoms with Gasteiger partial charge in [0.15, 0.2) is 0 Å². The summed E-state index contributed by atoms with van der Waals surface area (Å²) in [4.78, 5) is 0. The third-order valence-corrected chi connectivity index (χ3v) is 4.92. The minimum absolute atomic E-state index is 0.600. The molecule has 1 saturated heterocycles. The van der Waals surface area contributed by atoms with Crippen molar-refractivity contribution in [1.82, 2.24) is 9.78 Å². The molecule has 1 unspecified atom stereocenters. The van der Waals surface area contributed by atoms with E-state index in [0.717, 1.165) is 12.2 Å². The van der Waals surface area contributed by atoms with Crippen LogP contribution in [0, 0.1) is 0 Å². The monoisotopic (exact) mass is 237 g/mol. The molecule has 1 aromatic heterocycles. The summed E-state index contributed by atoms with van der Waals surface area (Å²) in [5.74, 6) is 3.33. The van der Waals surface area contributed by atoms with Crippen LogP contribution in [-0.2, 0) is 12.8 Å². The second-order valence-electron chi connectivity index (χ2n) is 4.83. The first-order valence-electron chi connectivity index (χ1n) is 6.30. The van der Waals surface area contributed by atoms with Crippen LogP contribution in [0.25, 0.3) is 0 Å². The van der Waals surface area contributed by atoms with Crippen molar-refractivity contribution in [1.29, 1.82) is 0 Å². The van der Waals surface area contributed by atoms with Crippen molar-refractivity contribution in [2.24, 2.45) is 0 Å². The first-order chi connectivity index (χ1) is 7.86. The van der Waals surface area contributed by atoms with E-state index in [1.165, 1.54) is 54.9 Å². The third-order valence-electron chi connectivity index (χ3n) is 3.72. The Morgan fingerprint density at radius 2 is 2.12 bits per heavy atom. The Kier molecular flexibility index (Phi) is 2.84. The lowest BCUT2D eigenvalue weighted by Gasteiger charge is -2.24. The van der Waals surface area contributed by atoms with Crippen molar-refractivity contribution < 1.29 is 0 Å². The number of nitrogens with two attached hydrogens (primary N) is 1. The molecule has 0 saturated carbocycles. The van der Waals surface area contributed by atoms with E-state index in [-0.39, 0.29) is 0 Å². The van der Waals surface area contributed by atoms with E-state index in [0.29, 0.717) is 6.04 Å². The second-order valence-corrected chi connectivity index (χ2v) is 5.98. The molecule has 0 spiro atoms. The zero-order valence-electron chi connectivity index (χ0n) is 9.61. The number of rotatable bonds is 1. The van der Waals surface area contributed by atoms with Crippen LogP contribution in [0.4, 0.5) is 5.82 Å². The van der Waals surface area contributed by atoms with Gasteiger partial charge in [0, 0.05) is 17.0 Å². The van der Waals surface area contributed by atoms with Gasteiger partial charge in [-0.15, -0.1) is 0 Å². The Hall–Kier alpha value is -0.640. The number of nitrogens with zero attached hydrogens (tertiary/aromatic N) is 2. The standard InChI is InChI=1S/C12H19N3S/c13-12-10-5-1-2-6-11(10)15(14-12)9-4-3-7-16-8-9/h9H,1-8H2,(H2,13,14). The van der Waals surface area contributed by atoms with Gasteiger partial charge in [0.25, 0.3) is 0 Å². The first kappa shape index (κ1) is 10.5. The molecule has 1 aliphatic carbocycles. The van der Waals surface area contributed by atoms with Crippen LogP contribution >= 0.6 is 11.8 Å². The Labute approximate surface area is 101 Å². The first-order valence-corrected chi connectivity index (χ1v) is 7.45. The molecule has 1 aromatic rings. The van der Waals surface area contributed by atoms with E-state index in [2.05, 4.69) is 21.5 Å². The topological polar surface area (TPSA) is 43.8 Å². The summed E-state index contributed by atoms with van der Waals surface area (Å²) in [6.07, 6.45) is 7.51. The highest BCUT2D eigenvalue weighted by atomic mass is 32.2. The molecular weight excluding hydrogens is 218 g/mol. The fourth-order valence-electron chi connectivity index (χ4n) is 2.87. The summed E-state index contributed by atoms with van der Waals surface area (Å²) < 4.78 is 2.26. The van der Waals surface area contributed by atoms with E-state index in [4.69, 9.17) is 5.73 Å². The van der Waals surface area contributed by atoms with Gasteiger partial charge in [-0.2, -0.15) is 16.9 Å². The fraction of sp³-hybridized carbons (Fsp3) is 0.750. The highest BCUT2D eigenvalue weighted by Crippen LogP contribution is 2.33. The fourth-order valence-corrected chi connectivity index (χ4v) is 3.99. The van der Waals surface area contributed by atoms with Gasteiger partial charge in [-0.25, -0.2) is 0 Å². The van der Waals surface area contributed by atoms with Crippen LogP contribution in [0.2, 0.25) is 0 Å². The number of hydrogen-bond donors (Lipinski definition) is 1. The molecule has 0 aromatic carbocycles. The average Bonchev–Trinajstić information content (AvgIpc) is 2.69. The molecular formula is C12H19N3S. The van der Waals surface area contributed by atoms with Gasteiger partial charge in [0.2, 0.25) is 0 Å². The SMILES string of the molecule is Nc1nn(C2CCCSC2)c2c1CCCC2. The van der Waals surface area contributed by atoms with E-state index in [1.807, 2.05) is 0 Å². The maximum atomic E-state index is 6.03. The summed E-state index contributed by atoms with van der Waals surface area (Å²) in [5, 5.41) is 4.60. The summed E-state index contributed by atoms with van der Waals surface area (Å²) in [6, 6.07) is 0.600. The quantitative estimate of drug-likeness (QED) is 0.815. The van der Waals surface area contributed by atoms with Crippen molar-refractivity contribution in [2.45, 2.75) is 44.6 Å². The zero-order chi connectivity index (χ0) is 11.0. The van der Waals surface area contributed by atoms with Gasteiger partial charge in [0.1, 0.15) is 5.82 Å². The van der Waals surface area contributed by atoms with Gasteiger partial charge in [-0.3, -0.25) is 4.68 Å². The summed E-state index contributed by atoms with van der Waals surface area (Å²) in [7, 11) is 0. The van der Waals surface area contributed by atoms with E-state index in [1.54, 1.807) is 0 Å². The van der Waals surface area contributed by atoms with Crippen molar-refractivity contribution in [2.75, 3.05) is 17.2 Å². The second kappa shape index (κ2) is 4.32. The molecule has 1 fully saturated rings. The normalized spacial score (nSPS) is 25.4. The van der Waals surface area contributed by atoms with E-state index >= 15 is 0 Å². The average molecular weight is 237 g/mol. The minimum atomic E-state index is 0.600. The maximum absolute atomic E-state index is 6.03. The lowest BCUT2D eigenvalue weighted by atomic mass is 9.97. The molecule has 1 aliphatic heterocycles. The Balaban J connectivity index is 1.93. The lowest BCUT2D eigenvalue weighted by molar-refractivity contribution is 0.433. The summed E-state index contributed by atoms with van der Waals surface area (Å²) in [6.45, 7) is 0. The number of aromatic nitrogens is 2. The molecule has 16 heavy (non-hydrogen) atoms. The van der Waals surface area contributed by atoms with Gasteiger partial charge < -0.3 is 5.73 Å². The Morgan fingerprint density at radius 3 is 2.94 bits per heavy atom. The number of thioether (sulfide) groups is 1. The van der Waals surface area contributed by atoms with Crippen molar-refractivity contribution in [3.8, 4) is 0 Å². The van der Waals surface area contributed by atoms with Crippen LogP contribution in [0.1, 0.15) is 43.0 Å². The molecule has 88 valence electrons. The van der Waals surface area contributed by atoms with Gasteiger partial charge in [-0.1, -0.05) is 0 Å². The van der Waals surface area contributed by atoms with Gasteiger partial charge >= 0.3 is 0 Å². The van der Waals surface area contributed by atoms with Crippen LogP contribution < -0.4 is 5.73 Å². The van der Waals surface area contributed by atoms with Crippen LogP contribution in [-0.4, -0.2) is 21.3 Å². The summed E-state index contributed by atoms with van der Waals surface area (Å²) in [5.41, 5.74) is 8.82. The van der Waals surface area contributed by atoms with Crippen LogP contribution in [0.3, 0.4) is 0 Å². The molecule has 2 N–H and O–H groups in total. The van der Waals surface area contributed by atoms with Crippen molar-refractivity contribution >= 4 is 17.6 Å². The molecule has 0 radical (unpaired) electrons. The largest absolute Gasteiger partial charge is 0.382 e. The van der Waals surface area contributed by atoms with Gasteiger partial charge in [-0.05, 0) is 44.3 Å². The number of anilines is 1. The Morgan fingerprint density at radius 1 is 1.25 bits per heavy atom. The molecule has 4 heteroatoms. The van der Waals surface area contributed by atoms with E-state index in [9.17, 15) is 0 Å². The number of nitrogen functional groups attached to an aromatic ring is 1. The molecule has 2 aliphatic rings. The molecule has 2 heterocycles.